The lowest BCUT2D eigenvalue weighted by molar-refractivity contribution is -0.188. The summed E-state index contributed by atoms with van der Waals surface area (Å²) >= 11 is 0. The molecule has 6 nitrogen and oxygen atoms in total. The van der Waals surface area contributed by atoms with Gasteiger partial charge in [-0.15, -0.1) is 0 Å². The first-order chi connectivity index (χ1) is 10.3. The van der Waals surface area contributed by atoms with Crippen LogP contribution < -0.4 is 0 Å². The zero-order chi connectivity index (χ0) is 17.8. The van der Waals surface area contributed by atoms with Crippen molar-refractivity contribution >= 4 is 11.9 Å². The molecule has 1 amide bonds. The molecule has 23 heavy (non-hydrogen) atoms. The Morgan fingerprint density at radius 2 is 1.91 bits per heavy atom. The van der Waals surface area contributed by atoms with Gasteiger partial charge in [0, 0.05) is 24.2 Å². The number of hydrogen-bond donors (Lipinski definition) is 1. The van der Waals surface area contributed by atoms with Crippen LogP contribution in [0.15, 0.2) is 6.20 Å². The van der Waals surface area contributed by atoms with E-state index < -0.39 is 42.0 Å². The summed E-state index contributed by atoms with van der Waals surface area (Å²) in [5, 5.41) is 13.1. The topological polar surface area (TPSA) is 75.4 Å². The summed E-state index contributed by atoms with van der Waals surface area (Å²) in [6.07, 6.45) is -5.31. The molecule has 128 valence electrons. The van der Waals surface area contributed by atoms with E-state index in [2.05, 4.69) is 5.10 Å². The van der Waals surface area contributed by atoms with Crippen LogP contribution in [0.1, 0.15) is 32.0 Å². The molecule has 0 aromatic carbocycles. The molecule has 1 aromatic rings. The van der Waals surface area contributed by atoms with E-state index in [0.717, 1.165) is 6.20 Å². The maximum atomic E-state index is 13.9. The van der Waals surface area contributed by atoms with Crippen molar-refractivity contribution in [3.8, 4) is 0 Å². The highest BCUT2D eigenvalue weighted by molar-refractivity contribution is 5.98. The number of carboxylic acid groups (broad SMARTS) is 1. The number of hydrogen-bond acceptors (Lipinski definition) is 3. The fourth-order valence-corrected chi connectivity index (χ4v) is 2.86. The van der Waals surface area contributed by atoms with Gasteiger partial charge in [0.2, 0.25) is 0 Å². The third-order valence-electron chi connectivity index (χ3n) is 3.99. The molecular formula is C14H18F3N3O3. The molecule has 0 bridgehead atoms. The Morgan fingerprint density at radius 3 is 2.30 bits per heavy atom. The standard InChI is InChI=1S/C14H18F3N3O3/c1-12(2,3)10-8(5-19(4)18-10)13(14(15,16)17)7-20(11(22)23)6-9(13)21/h5H,6-7H2,1-4H3,(H,22,23). The number of likely N-dealkylation sites (tertiary alicyclic amines) is 1. The van der Waals surface area contributed by atoms with Crippen LogP contribution in [0.3, 0.4) is 0 Å². The van der Waals surface area contributed by atoms with Gasteiger partial charge < -0.3 is 5.11 Å². The second-order valence-corrected chi connectivity index (χ2v) is 6.78. The van der Waals surface area contributed by atoms with E-state index in [-0.39, 0.29) is 11.3 Å². The predicted molar refractivity (Wildman–Crippen MR) is 74.2 cm³/mol. The fraction of sp³-hybridized carbons (Fsp3) is 0.643. The Balaban J connectivity index is 2.73. The summed E-state index contributed by atoms with van der Waals surface area (Å²) in [4.78, 5) is 23.8. The number of amides is 1. The molecule has 2 heterocycles. The molecule has 0 radical (unpaired) electrons. The molecule has 9 heteroatoms. The first-order valence-corrected chi connectivity index (χ1v) is 6.93. The highest BCUT2D eigenvalue weighted by atomic mass is 19.4. The highest BCUT2D eigenvalue weighted by Crippen LogP contribution is 2.48. The third-order valence-corrected chi connectivity index (χ3v) is 3.99. The van der Waals surface area contributed by atoms with Gasteiger partial charge >= 0.3 is 12.3 Å². The fourth-order valence-electron chi connectivity index (χ4n) is 2.86. The van der Waals surface area contributed by atoms with Crippen LogP contribution in [-0.2, 0) is 22.7 Å². The average Bonchev–Trinajstić information content (AvgIpc) is 2.89. The molecule has 0 saturated carbocycles. The average molecular weight is 333 g/mol. The Labute approximate surface area is 130 Å². The Morgan fingerprint density at radius 1 is 1.35 bits per heavy atom. The minimum Gasteiger partial charge on any atom is -0.465 e. The summed E-state index contributed by atoms with van der Waals surface area (Å²) in [6, 6.07) is 0. The zero-order valence-electron chi connectivity index (χ0n) is 13.2. The summed E-state index contributed by atoms with van der Waals surface area (Å²) in [5.41, 5.74) is -3.74. The van der Waals surface area contributed by atoms with Gasteiger partial charge in [-0.3, -0.25) is 14.4 Å². The van der Waals surface area contributed by atoms with Crippen molar-refractivity contribution in [2.75, 3.05) is 13.1 Å². The summed E-state index contributed by atoms with van der Waals surface area (Å²) in [5.74, 6) is -1.18. The van der Waals surface area contributed by atoms with Crippen molar-refractivity contribution in [2.24, 2.45) is 7.05 Å². The van der Waals surface area contributed by atoms with Crippen molar-refractivity contribution in [1.29, 1.82) is 0 Å². The van der Waals surface area contributed by atoms with Crippen LogP contribution in [0.25, 0.3) is 0 Å². The molecule has 1 N–H and O–H groups in total. The number of carbonyl (C=O) groups excluding carboxylic acids is 1. The van der Waals surface area contributed by atoms with E-state index in [4.69, 9.17) is 5.11 Å². The number of aromatic nitrogens is 2. The summed E-state index contributed by atoms with van der Waals surface area (Å²) in [6.45, 7) is 3.35. The molecule has 1 atom stereocenters. The second-order valence-electron chi connectivity index (χ2n) is 6.78. The minimum absolute atomic E-state index is 0.137. The monoisotopic (exact) mass is 333 g/mol. The summed E-state index contributed by atoms with van der Waals surface area (Å²) in [7, 11) is 1.47. The van der Waals surface area contributed by atoms with E-state index in [0.29, 0.717) is 4.90 Å². The van der Waals surface area contributed by atoms with Crippen LogP contribution in [0.5, 0.6) is 0 Å². The maximum absolute atomic E-state index is 13.9. The van der Waals surface area contributed by atoms with E-state index in [1.54, 1.807) is 20.8 Å². The van der Waals surface area contributed by atoms with Gasteiger partial charge in [0.25, 0.3) is 0 Å². The van der Waals surface area contributed by atoms with E-state index in [9.17, 15) is 22.8 Å². The first kappa shape index (κ1) is 17.3. The molecule has 1 unspecified atom stereocenters. The van der Waals surface area contributed by atoms with Crippen LogP contribution in [0, 0.1) is 0 Å². The molecule has 1 aromatic heterocycles. The quantitative estimate of drug-likeness (QED) is 0.854. The number of carbonyl (C=O) groups is 2. The largest absolute Gasteiger partial charge is 0.465 e. The van der Waals surface area contributed by atoms with Gasteiger partial charge in [0.15, 0.2) is 11.2 Å². The number of rotatable bonds is 1. The van der Waals surface area contributed by atoms with E-state index in [1.807, 2.05) is 0 Å². The zero-order valence-corrected chi connectivity index (χ0v) is 13.2. The SMILES string of the molecule is Cn1cc(C2(C(F)(F)F)CN(C(=O)O)CC2=O)c(C(C)(C)C)n1. The molecule has 1 fully saturated rings. The minimum atomic E-state index is -4.92. The van der Waals surface area contributed by atoms with Gasteiger partial charge in [0.1, 0.15) is 0 Å². The first-order valence-electron chi connectivity index (χ1n) is 6.93. The van der Waals surface area contributed by atoms with E-state index >= 15 is 0 Å². The van der Waals surface area contributed by atoms with Gasteiger partial charge in [-0.25, -0.2) is 4.79 Å². The molecule has 1 saturated heterocycles. The van der Waals surface area contributed by atoms with Crippen LogP contribution in [-0.4, -0.2) is 50.9 Å². The van der Waals surface area contributed by atoms with Gasteiger partial charge in [-0.05, 0) is 0 Å². The van der Waals surface area contributed by atoms with Crippen molar-refractivity contribution in [2.45, 2.75) is 37.8 Å². The van der Waals surface area contributed by atoms with E-state index in [1.165, 1.54) is 11.7 Å². The Bertz CT molecular complexity index is 660. The number of ketones is 1. The lowest BCUT2D eigenvalue weighted by atomic mass is 9.74. The molecule has 0 aliphatic carbocycles. The normalized spacial score (nSPS) is 22.7. The van der Waals surface area contributed by atoms with Crippen molar-refractivity contribution in [3.63, 3.8) is 0 Å². The van der Waals surface area contributed by atoms with Crippen LogP contribution in [0.4, 0.5) is 18.0 Å². The lowest BCUT2D eigenvalue weighted by Gasteiger charge is -2.32. The van der Waals surface area contributed by atoms with Crippen molar-refractivity contribution in [3.05, 3.63) is 17.5 Å². The number of alkyl halides is 3. The summed E-state index contributed by atoms with van der Waals surface area (Å²) < 4.78 is 42.9. The Kier molecular flexibility index (Phi) is 3.74. The Hall–Kier alpha value is -2.06. The van der Waals surface area contributed by atoms with Gasteiger partial charge in [-0.1, -0.05) is 20.8 Å². The molecule has 2 rings (SSSR count). The maximum Gasteiger partial charge on any atom is 0.407 e. The second kappa shape index (κ2) is 4.97. The van der Waals surface area contributed by atoms with Crippen LogP contribution >= 0.6 is 0 Å². The molecule has 1 aliphatic heterocycles. The number of Topliss-reactive ketones (excluding diaryl/α,β-unsaturated/α-hetero) is 1. The van der Waals surface area contributed by atoms with Crippen molar-refractivity contribution < 1.29 is 27.9 Å². The van der Waals surface area contributed by atoms with Crippen LogP contribution in [0.2, 0.25) is 0 Å². The number of nitrogens with zero attached hydrogens (tertiary/aromatic N) is 3. The molecular weight excluding hydrogens is 315 g/mol. The molecule has 0 spiro atoms. The van der Waals surface area contributed by atoms with Crippen molar-refractivity contribution in [1.82, 2.24) is 14.7 Å². The highest BCUT2D eigenvalue weighted by Gasteiger charge is 2.67. The predicted octanol–water partition coefficient (Wildman–Crippen LogP) is 2.08. The van der Waals surface area contributed by atoms with Gasteiger partial charge in [0.05, 0.1) is 18.8 Å². The van der Waals surface area contributed by atoms with Gasteiger partial charge in [-0.2, -0.15) is 18.3 Å². The third kappa shape index (κ3) is 2.57. The number of aryl methyl sites for hydroxylation is 1. The number of halogens is 3. The molecule has 1 aliphatic rings. The lowest BCUT2D eigenvalue weighted by Crippen LogP contribution is -2.50. The smallest absolute Gasteiger partial charge is 0.407 e.